The lowest BCUT2D eigenvalue weighted by Gasteiger charge is -2.00. The third kappa shape index (κ3) is 2.18. The van der Waals surface area contributed by atoms with Gasteiger partial charge >= 0.3 is 0 Å². The second-order valence-corrected chi connectivity index (χ2v) is 4.76. The van der Waals surface area contributed by atoms with E-state index in [1.54, 1.807) is 17.4 Å². The number of hydrogen-bond acceptors (Lipinski definition) is 3. The van der Waals surface area contributed by atoms with Crippen LogP contribution in [0.15, 0.2) is 30.3 Å². The first-order valence-corrected chi connectivity index (χ1v) is 5.55. The standard InChI is InChI=1S/C12H9NOS.2ClH/c1-7-13-12-9-5-3-2-4-8(9)10(14)6-11(12)15-7;;/h2-6,14H,1H3;2*1H. The molecule has 0 unspecified atom stereocenters. The Bertz CT molecular complexity index is 666. The predicted molar refractivity (Wildman–Crippen MR) is 78.0 cm³/mol. The molecule has 0 saturated carbocycles. The summed E-state index contributed by atoms with van der Waals surface area (Å²) in [5, 5.41) is 12.8. The molecule has 0 bridgehead atoms. The lowest BCUT2D eigenvalue weighted by Crippen LogP contribution is -1.76. The van der Waals surface area contributed by atoms with Gasteiger partial charge in [-0.2, -0.15) is 0 Å². The number of fused-ring (bicyclic) bond motifs is 3. The number of phenols is 1. The van der Waals surface area contributed by atoms with E-state index >= 15 is 0 Å². The second-order valence-electron chi connectivity index (χ2n) is 3.52. The number of halogens is 2. The minimum atomic E-state index is 0. The summed E-state index contributed by atoms with van der Waals surface area (Å²) in [5.74, 6) is 0.335. The average Bonchev–Trinajstić information content (AvgIpc) is 2.59. The van der Waals surface area contributed by atoms with Gasteiger partial charge in [-0.3, -0.25) is 0 Å². The van der Waals surface area contributed by atoms with Crippen molar-refractivity contribution in [3.63, 3.8) is 0 Å². The highest BCUT2D eigenvalue weighted by Gasteiger charge is 2.08. The van der Waals surface area contributed by atoms with Crippen molar-refractivity contribution >= 4 is 57.1 Å². The van der Waals surface area contributed by atoms with Crippen molar-refractivity contribution < 1.29 is 5.11 Å². The van der Waals surface area contributed by atoms with Crippen LogP contribution in [0, 0.1) is 6.92 Å². The predicted octanol–water partition coefficient (Wildman–Crippen LogP) is 4.31. The monoisotopic (exact) mass is 287 g/mol. The molecule has 0 aliphatic rings. The summed E-state index contributed by atoms with van der Waals surface area (Å²) in [5.41, 5.74) is 0.992. The normalized spacial score (nSPS) is 9.94. The summed E-state index contributed by atoms with van der Waals surface area (Å²) in [6, 6.07) is 9.60. The van der Waals surface area contributed by atoms with Gasteiger partial charge in [-0.15, -0.1) is 36.2 Å². The van der Waals surface area contributed by atoms with Gasteiger partial charge in [0, 0.05) is 10.8 Å². The second kappa shape index (κ2) is 5.08. The molecule has 0 aliphatic heterocycles. The molecule has 17 heavy (non-hydrogen) atoms. The van der Waals surface area contributed by atoms with E-state index in [1.165, 1.54) is 0 Å². The van der Waals surface area contributed by atoms with Gasteiger partial charge in [0.05, 0.1) is 15.2 Å². The van der Waals surface area contributed by atoms with Crippen LogP contribution >= 0.6 is 36.2 Å². The van der Waals surface area contributed by atoms with Crippen molar-refractivity contribution in [2.24, 2.45) is 0 Å². The largest absolute Gasteiger partial charge is 0.507 e. The molecule has 1 aromatic heterocycles. The summed E-state index contributed by atoms with van der Waals surface area (Å²) < 4.78 is 1.05. The van der Waals surface area contributed by atoms with Crippen LogP contribution in [-0.2, 0) is 0 Å². The molecule has 0 radical (unpaired) electrons. The maximum absolute atomic E-state index is 9.86. The molecular formula is C12H11Cl2NOS. The van der Waals surface area contributed by atoms with Gasteiger partial charge in [0.1, 0.15) is 5.75 Å². The number of aromatic nitrogens is 1. The molecule has 90 valence electrons. The van der Waals surface area contributed by atoms with Gasteiger partial charge in [-0.1, -0.05) is 24.3 Å². The molecule has 0 atom stereocenters. The highest BCUT2D eigenvalue weighted by molar-refractivity contribution is 7.18. The van der Waals surface area contributed by atoms with Crippen LogP contribution in [-0.4, -0.2) is 10.1 Å². The molecule has 2 nitrogen and oxygen atoms in total. The average molecular weight is 288 g/mol. The Kier molecular flexibility index (Phi) is 4.20. The highest BCUT2D eigenvalue weighted by Crippen LogP contribution is 2.34. The SMILES string of the molecule is Cc1nc2c(cc(O)c3ccccc32)s1.Cl.Cl. The number of hydrogen-bond donors (Lipinski definition) is 1. The Morgan fingerprint density at radius 3 is 2.47 bits per heavy atom. The lowest BCUT2D eigenvalue weighted by molar-refractivity contribution is 0.482. The van der Waals surface area contributed by atoms with Crippen LogP contribution in [0.3, 0.4) is 0 Å². The minimum absolute atomic E-state index is 0. The van der Waals surface area contributed by atoms with Crippen molar-refractivity contribution in [2.75, 3.05) is 0 Å². The van der Waals surface area contributed by atoms with E-state index in [9.17, 15) is 5.11 Å². The first-order chi connectivity index (χ1) is 7.25. The Labute approximate surface area is 115 Å². The number of thiazole rings is 1. The fraction of sp³-hybridized carbons (Fsp3) is 0.0833. The van der Waals surface area contributed by atoms with E-state index in [4.69, 9.17) is 0 Å². The molecule has 1 N–H and O–H groups in total. The summed E-state index contributed by atoms with van der Waals surface area (Å²) in [7, 11) is 0. The van der Waals surface area contributed by atoms with Gasteiger partial charge in [-0.25, -0.2) is 4.98 Å². The quantitative estimate of drug-likeness (QED) is 0.668. The highest BCUT2D eigenvalue weighted by atomic mass is 35.5. The van der Waals surface area contributed by atoms with Crippen molar-refractivity contribution in [1.29, 1.82) is 0 Å². The van der Waals surface area contributed by atoms with Gasteiger partial charge in [0.2, 0.25) is 0 Å². The lowest BCUT2D eigenvalue weighted by atomic mass is 10.1. The molecule has 0 spiro atoms. The van der Waals surface area contributed by atoms with Gasteiger partial charge < -0.3 is 5.11 Å². The van der Waals surface area contributed by atoms with Crippen LogP contribution in [0.25, 0.3) is 21.0 Å². The molecule has 0 aliphatic carbocycles. The van der Waals surface area contributed by atoms with Crippen LogP contribution in [0.4, 0.5) is 0 Å². The third-order valence-corrected chi connectivity index (χ3v) is 3.40. The summed E-state index contributed by atoms with van der Waals surface area (Å²) >= 11 is 1.61. The summed E-state index contributed by atoms with van der Waals surface area (Å²) in [6.07, 6.45) is 0. The fourth-order valence-electron chi connectivity index (χ4n) is 1.85. The number of aromatic hydroxyl groups is 1. The Morgan fingerprint density at radius 2 is 1.76 bits per heavy atom. The zero-order valence-corrected chi connectivity index (χ0v) is 11.5. The van der Waals surface area contributed by atoms with Crippen molar-refractivity contribution in [1.82, 2.24) is 4.98 Å². The van der Waals surface area contributed by atoms with Crippen LogP contribution in [0.2, 0.25) is 0 Å². The smallest absolute Gasteiger partial charge is 0.124 e. The first kappa shape index (κ1) is 14.0. The van der Waals surface area contributed by atoms with Crippen LogP contribution in [0.5, 0.6) is 5.75 Å². The molecule has 2 aromatic carbocycles. The number of nitrogens with zero attached hydrogens (tertiary/aromatic N) is 1. The fourth-order valence-corrected chi connectivity index (χ4v) is 2.73. The van der Waals surface area contributed by atoms with Crippen molar-refractivity contribution in [3.05, 3.63) is 35.3 Å². The minimum Gasteiger partial charge on any atom is -0.507 e. The molecular weight excluding hydrogens is 277 g/mol. The van der Waals surface area contributed by atoms with Gasteiger partial charge in [0.25, 0.3) is 0 Å². The maximum Gasteiger partial charge on any atom is 0.124 e. The summed E-state index contributed by atoms with van der Waals surface area (Å²) in [4.78, 5) is 4.49. The first-order valence-electron chi connectivity index (χ1n) is 4.73. The van der Waals surface area contributed by atoms with Gasteiger partial charge in [0.15, 0.2) is 0 Å². The number of phenolic OH excluding ortho intramolecular Hbond substituents is 1. The maximum atomic E-state index is 9.86. The third-order valence-electron chi connectivity index (χ3n) is 2.49. The van der Waals surface area contributed by atoms with E-state index < -0.39 is 0 Å². The molecule has 0 amide bonds. The summed E-state index contributed by atoms with van der Waals surface area (Å²) in [6.45, 7) is 1.98. The van der Waals surface area contributed by atoms with E-state index in [0.29, 0.717) is 5.75 Å². The topological polar surface area (TPSA) is 33.1 Å². The molecule has 5 heteroatoms. The van der Waals surface area contributed by atoms with Crippen molar-refractivity contribution in [3.8, 4) is 5.75 Å². The number of rotatable bonds is 0. The molecule has 1 heterocycles. The molecule has 0 saturated heterocycles. The Morgan fingerprint density at radius 1 is 1.12 bits per heavy atom. The zero-order chi connectivity index (χ0) is 10.4. The van der Waals surface area contributed by atoms with E-state index in [2.05, 4.69) is 4.98 Å². The van der Waals surface area contributed by atoms with E-state index in [-0.39, 0.29) is 24.8 Å². The van der Waals surface area contributed by atoms with Gasteiger partial charge in [-0.05, 0) is 13.0 Å². The number of aryl methyl sites for hydroxylation is 1. The Hall–Kier alpha value is -1.03. The van der Waals surface area contributed by atoms with E-state index in [1.807, 2.05) is 31.2 Å². The molecule has 3 aromatic rings. The van der Waals surface area contributed by atoms with Crippen molar-refractivity contribution in [2.45, 2.75) is 6.92 Å². The number of benzene rings is 2. The van der Waals surface area contributed by atoms with Crippen LogP contribution < -0.4 is 0 Å². The molecule has 0 fully saturated rings. The zero-order valence-electron chi connectivity index (χ0n) is 9.01. The van der Waals surface area contributed by atoms with Crippen LogP contribution in [0.1, 0.15) is 5.01 Å². The van der Waals surface area contributed by atoms with E-state index in [0.717, 1.165) is 26.0 Å². The molecule has 3 rings (SSSR count). The Balaban J connectivity index is 0.000000722.